The molecule has 138 valence electrons. The van der Waals surface area contributed by atoms with Crippen molar-refractivity contribution in [2.24, 2.45) is 0 Å². The van der Waals surface area contributed by atoms with Crippen LogP contribution in [0.2, 0.25) is 5.02 Å². The van der Waals surface area contributed by atoms with Crippen molar-refractivity contribution < 1.29 is 14.6 Å². The maximum Gasteiger partial charge on any atom is 0.337 e. The first-order valence-electron chi connectivity index (χ1n) is 8.28. The first kappa shape index (κ1) is 19.3. The molecule has 1 N–H and O–H groups in total. The minimum absolute atomic E-state index is 0.0690. The van der Waals surface area contributed by atoms with E-state index in [4.69, 9.17) is 16.3 Å². The summed E-state index contributed by atoms with van der Waals surface area (Å²) in [5, 5.41) is 15.1. The van der Waals surface area contributed by atoms with Gasteiger partial charge >= 0.3 is 5.97 Å². The lowest BCUT2D eigenvalue weighted by atomic mass is 10.0. The van der Waals surface area contributed by atoms with Crippen molar-refractivity contribution in [1.82, 2.24) is 4.98 Å². The molecule has 0 aliphatic rings. The first-order valence-corrected chi connectivity index (χ1v) is 9.60. The minimum Gasteiger partial charge on any atom is -0.457 e. The summed E-state index contributed by atoms with van der Waals surface area (Å²) < 4.78 is 5.43. The van der Waals surface area contributed by atoms with Crippen LogP contribution in [0.25, 0.3) is 6.08 Å². The summed E-state index contributed by atoms with van der Waals surface area (Å²) in [5.74, 6) is -0.589. The zero-order chi connectivity index (χ0) is 19.2. The number of carbonyl (C=O) groups is 1. The van der Waals surface area contributed by atoms with Crippen LogP contribution in [0, 0.1) is 6.92 Å². The highest BCUT2D eigenvalue weighted by atomic mass is 35.5. The van der Waals surface area contributed by atoms with Crippen LogP contribution in [-0.2, 0) is 16.1 Å². The van der Waals surface area contributed by atoms with Gasteiger partial charge in [0.25, 0.3) is 0 Å². The van der Waals surface area contributed by atoms with Crippen molar-refractivity contribution in [2.45, 2.75) is 19.6 Å². The number of esters is 1. The number of rotatable bonds is 6. The number of nitrogens with zero attached hydrogens (tertiary/aromatic N) is 1. The van der Waals surface area contributed by atoms with E-state index < -0.39 is 12.1 Å². The number of aliphatic hydroxyl groups is 1. The molecule has 0 radical (unpaired) electrons. The van der Waals surface area contributed by atoms with Crippen LogP contribution in [0.1, 0.15) is 28.4 Å². The van der Waals surface area contributed by atoms with Crippen LogP contribution in [0.4, 0.5) is 0 Å². The van der Waals surface area contributed by atoms with Gasteiger partial charge in [0.05, 0.1) is 5.57 Å². The molecule has 3 rings (SSSR count). The predicted molar refractivity (Wildman–Crippen MR) is 107 cm³/mol. The molecule has 4 nitrogen and oxygen atoms in total. The summed E-state index contributed by atoms with van der Waals surface area (Å²) in [5.41, 5.74) is 3.24. The average molecular weight is 400 g/mol. The summed E-state index contributed by atoms with van der Waals surface area (Å²) in [7, 11) is 0. The van der Waals surface area contributed by atoms with Gasteiger partial charge in [0, 0.05) is 23.0 Å². The third-order valence-corrected chi connectivity index (χ3v) is 5.11. The van der Waals surface area contributed by atoms with Crippen LogP contribution >= 0.6 is 22.9 Å². The Bertz CT molecular complexity index is 939. The van der Waals surface area contributed by atoms with E-state index in [9.17, 15) is 9.90 Å². The highest BCUT2D eigenvalue weighted by Gasteiger charge is 2.22. The Morgan fingerprint density at radius 2 is 2.22 bits per heavy atom. The second kappa shape index (κ2) is 8.95. The lowest BCUT2D eigenvalue weighted by Crippen LogP contribution is -2.15. The molecule has 0 aliphatic carbocycles. The van der Waals surface area contributed by atoms with Crippen LogP contribution < -0.4 is 0 Å². The number of aromatic nitrogens is 1. The number of aryl methyl sites for hydroxylation is 1. The minimum atomic E-state index is -1.13. The van der Waals surface area contributed by atoms with Gasteiger partial charge in [-0.15, -0.1) is 0 Å². The van der Waals surface area contributed by atoms with Gasteiger partial charge in [0.2, 0.25) is 0 Å². The number of carbonyl (C=O) groups excluding carboxylic acids is 1. The van der Waals surface area contributed by atoms with Crippen LogP contribution in [-0.4, -0.2) is 16.1 Å². The molecular weight excluding hydrogens is 382 g/mol. The Kier molecular flexibility index (Phi) is 6.40. The van der Waals surface area contributed by atoms with Crippen LogP contribution in [0.5, 0.6) is 0 Å². The maximum atomic E-state index is 12.7. The Morgan fingerprint density at radius 1 is 1.37 bits per heavy atom. The van der Waals surface area contributed by atoms with Crippen molar-refractivity contribution in [3.63, 3.8) is 0 Å². The van der Waals surface area contributed by atoms with Crippen molar-refractivity contribution in [2.75, 3.05) is 0 Å². The van der Waals surface area contributed by atoms with Gasteiger partial charge in [-0.2, -0.15) is 11.3 Å². The van der Waals surface area contributed by atoms with E-state index in [1.165, 1.54) is 17.5 Å². The Morgan fingerprint density at radius 3 is 2.89 bits per heavy atom. The zero-order valence-corrected chi connectivity index (χ0v) is 16.2. The fourth-order valence-electron chi connectivity index (χ4n) is 2.46. The highest BCUT2D eigenvalue weighted by Crippen LogP contribution is 2.26. The molecule has 0 saturated heterocycles. The van der Waals surface area contributed by atoms with Crippen LogP contribution in [0.3, 0.4) is 0 Å². The highest BCUT2D eigenvalue weighted by molar-refractivity contribution is 7.08. The smallest absolute Gasteiger partial charge is 0.337 e. The van der Waals surface area contributed by atoms with Crippen molar-refractivity contribution >= 4 is 35.0 Å². The van der Waals surface area contributed by atoms with Crippen molar-refractivity contribution in [3.05, 3.63) is 92.4 Å². The average Bonchev–Trinajstić information content (AvgIpc) is 3.20. The Labute approximate surface area is 166 Å². The molecule has 0 bridgehead atoms. The summed E-state index contributed by atoms with van der Waals surface area (Å²) in [6.45, 7) is 1.98. The molecule has 1 aromatic carbocycles. The summed E-state index contributed by atoms with van der Waals surface area (Å²) >= 11 is 7.63. The van der Waals surface area contributed by atoms with E-state index in [1.54, 1.807) is 30.5 Å². The largest absolute Gasteiger partial charge is 0.457 e. The number of benzene rings is 1. The van der Waals surface area contributed by atoms with E-state index in [0.29, 0.717) is 10.6 Å². The molecule has 0 aliphatic heterocycles. The van der Waals surface area contributed by atoms with Gasteiger partial charge in [-0.25, -0.2) is 4.79 Å². The number of ether oxygens (including phenoxy) is 1. The second-order valence-electron chi connectivity index (χ2n) is 6.00. The van der Waals surface area contributed by atoms with Crippen molar-refractivity contribution in [3.8, 4) is 0 Å². The molecule has 1 unspecified atom stereocenters. The number of thiophene rings is 1. The van der Waals surface area contributed by atoms with Gasteiger partial charge in [0.15, 0.2) is 0 Å². The topological polar surface area (TPSA) is 59.4 Å². The normalized spacial score (nSPS) is 12.6. The fourth-order valence-corrected chi connectivity index (χ4v) is 3.28. The molecule has 0 fully saturated rings. The third kappa shape index (κ3) is 5.04. The van der Waals surface area contributed by atoms with Gasteiger partial charge in [0.1, 0.15) is 12.7 Å². The monoisotopic (exact) mass is 399 g/mol. The summed E-state index contributed by atoms with van der Waals surface area (Å²) in [6, 6.07) is 10.8. The predicted octanol–water partition coefficient (Wildman–Crippen LogP) is 4.97. The molecule has 2 aromatic heterocycles. The molecule has 3 aromatic rings. The Hall–Kier alpha value is -2.47. The fraction of sp³-hybridized carbons (Fsp3) is 0.143. The molecular formula is C21H18ClNO3S. The summed E-state index contributed by atoms with van der Waals surface area (Å²) in [6.07, 6.45) is 3.64. The van der Waals surface area contributed by atoms with Crippen LogP contribution in [0.15, 0.2) is 65.1 Å². The quantitative estimate of drug-likeness (QED) is 0.470. The molecule has 1 atom stereocenters. The number of hydrogen-bond donors (Lipinski definition) is 1. The maximum absolute atomic E-state index is 12.7. The van der Waals surface area contributed by atoms with E-state index >= 15 is 0 Å². The lowest BCUT2D eigenvalue weighted by molar-refractivity contribution is -0.141. The first-order chi connectivity index (χ1) is 13.0. The van der Waals surface area contributed by atoms with Gasteiger partial charge in [-0.1, -0.05) is 29.8 Å². The number of aliphatic hydroxyl groups excluding tert-OH is 1. The lowest BCUT2D eigenvalue weighted by Gasteiger charge is -2.15. The van der Waals surface area contributed by atoms with Crippen molar-refractivity contribution in [1.29, 1.82) is 0 Å². The second-order valence-corrected chi connectivity index (χ2v) is 7.19. The number of halogens is 1. The van der Waals surface area contributed by atoms with E-state index in [-0.39, 0.29) is 12.2 Å². The molecule has 0 saturated carbocycles. The standard InChI is InChI=1S/C21H18ClNO3S/c1-14-4-5-15(10-19(14)22)12-26-21(25)18(9-16-6-8-27-13-16)20(24)17-3-2-7-23-11-17/h2-11,13,20,24H,12H2,1H3. The van der Waals surface area contributed by atoms with E-state index in [2.05, 4.69) is 4.98 Å². The zero-order valence-electron chi connectivity index (χ0n) is 14.6. The molecule has 2 heterocycles. The van der Waals surface area contributed by atoms with Gasteiger partial charge in [-0.05, 0) is 58.6 Å². The SMILES string of the molecule is Cc1ccc(COC(=O)C(=Cc2ccsc2)C(O)c2cccnc2)cc1Cl. The number of hydrogen-bond acceptors (Lipinski definition) is 5. The third-order valence-electron chi connectivity index (χ3n) is 4.00. The van der Waals surface area contributed by atoms with E-state index in [0.717, 1.165) is 16.7 Å². The van der Waals surface area contributed by atoms with Gasteiger partial charge < -0.3 is 9.84 Å². The van der Waals surface area contributed by atoms with E-state index in [1.807, 2.05) is 35.9 Å². The van der Waals surface area contributed by atoms with Gasteiger partial charge in [-0.3, -0.25) is 4.98 Å². The molecule has 27 heavy (non-hydrogen) atoms. The molecule has 0 spiro atoms. The molecule has 0 amide bonds. The molecule has 6 heteroatoms. The Balaban J connectivity index is 1.81. The number of pyridine rings is 1. The summed E-state index contributed by atoms with van der Waals surface area (Å²) in [4.78, 5) is 16.7.